The van der Waals surface area contributed by atoms with Gasteiger partial charge >= 0.3 is 11.9 Å². The minimum Gasteiger partial charge on any atom is -0.467 e. The van der Waals surface area contributed by atoms with Gasteiger partial charge in [0.05, 0.1) is 18.6 Å². The van der Waals surface area contributed by atoms with Gasteiger partial charge in [-0.3, -0.25) is 9.59 Å². The van der Waals surface area contributed by atoms with Crippen molar-refractivity contribution >= 4 is 17.7 Å². The topological polar surface area (TPSA) is 78.9 Å². The molecule has 52 heavy (non-hydrogen) atoms. The summed E-state index contributed by atoms with van der Waals surface area (Å²) >= 11 is 0. The lowest BCUT2D eigenvalue weighted by atomic mass is 9.33. The minimum absolute atomic E-state index is 0.0327. The van der Waals surface area contributed by atoms with Crippen molar-refractivity contribution < 1.29 is 28.6 Å². The van der Waals surface area contributed by atoms with Gasteiger partial charge in [0.1, 0.15) is 6.61 Å². The highest BCUT2D eigenvalue weighted by molar-refractivity contribution is 5.95. The molecule has 0 spiro atoms. The number of allylic oxidation sites excluding steroid dienone is 2. The Morgan fingerprint density at radius 2 is 1.40 bits per heavy atom. The van der Waals surface area contributed by atoms with Crippen LogP contribution in [-0.4, -0.2) is 37.5 Å². The number of hydrogen-bond acceptors (Lipinski definition) is 6. The molecule has 1 unspecified atom stereocenters. The first-order chi connectivity index (χ1) is 24.5. The molecule has 9 atom stereocenters. The molecule has 0 N–H and O–H groups in total. The van der Waals surface area contributed by atoms with Crippen LogP contribution in [-0.2, 0) is 28.6 Å². The lowest BCUT2D eigenvalue weighted by molar-refractivity contribution is -0.210. The van der Waals surface area contributed by atoms with Crippen LogP contribution in [0.5, 0.6) is 0 Å². The zero-order valence-electron chi connectivity index (χ0n) is 32.8. The predicted octanol–water partition coefficient (Wildman–Crippen LogP) is 9.86. The first kappa shape index (κ1) is 37.1. The first-order valence-corrected chi connectivity index (χ1v) is 19.8. The highest BCUT2D eigenvalue weighted by atomic mass is 16.6. The Kier molecular flexibility index (Phi) is 9.24. The summed E-state index contributed by atoms with van der Waals surface area (Å²) in [5.74, 6) is 0.121. The van der Waals surface area contributed by atoms with Crippen LogP contribution in [0.3, 0.4) is 0 Å². The van der Waals surface area contributed by atoms with Gasteiger partial charge in [-0.1, -0.05) is 108 Å². The number of fused-ring (bicyclic) bond motifs is 7. The van der Waals surface area contributed by atoms with Gasteiger partial charge in [-0.2, -0.15) is 0 Å². The third kappa shape index (κ3) is 5.64. The van der Waals surface area contributed by atoms with Gasteiger partial charge < -0.3 is 14.2 Å². The molecule has 6 nitrogen and oxygen atoms in total. The summed E-state index contributed by atoms with van der Waals surface area (Å²) < 4.78 is 17.6. The molecule has 2 aromatic rings. The van der Waals surface area contributed by atoms with Gasteiger partial charge in [-0.15, -0.1) is 0 Å². The quantitative estimate of drug-likeness (QED) is 0.267. The molecule has 0 saturated heterocycles. The molecule has 5 aliphatic rings. The zero-order chi connectivity index (χ0) is 37.3. The van der Waals surface area contributed by atoms with E-state index in [2.05, 4.69) is 54.5 Å². The summed E-state index contributed by atoms with van der Waals surface area (Å²) in [6.45, 7) is 16.3. The average Bonchev–Trinajstić information content (AvgIpc) is 3.12. The van der Waals surface area contributed by atoms with E-state index in [4.69, 9.17) is 14.2 Å². The number of carbonyl (C=O) groups excluding carboxylic acids is 3. The number of methoxy groups -OCH3 is 1. The van der Waals surface area contributed by atoms with E-state index in [0.29, 0.717) is 12.3 Å². The molecular formula is C46H60O6. The Balaban J connectivity index is 1.19. The van der Waals surface area contributed by atoms with Crippen LogP contribution < -0.4 is 0 Å². The lowest BCUT2D eigenvalue weighted by Gasteiger charge is -2.70. The second-order valence-corrected chi connectivity index (χ2v) is 19.1. The Hall–Kier alpha value is -3.25. The Morgan fingerprint density at radius 3 is 2.02 bits per heavy atom. The van der Waals surface area contributed by atoms with Gasteiger partial charge in [0.25, 0.3) is 0 Å². The molecule has 6 heteroatoms. The molecule has 2 aromatic carbocycles. The Bertz CT molecular complexity index is 1690. The van der Waals surface area contributed by atoms with Crippen molar-refractivity contribution in [3.8, 4) is 0 Å². The molecular weight excluding hydrogens is 649 g/mol. The molecule has 0 heterocycles. The van der Waals surface area contributed by atoms with Gasteiger partial charge in [0.2, 0.25) is 0 Å². The molecule has 7 rings (SSSR count). The van der Waals surface area contributed by atoms with Crippen LogP contribution in [0.4, 0.5) is 0 Å². The number of esters is 2. The van der Waals surface area contributed by atoms with E-state index in [0.717, 1.165) is 62.5 Å². The van der Waals surface area contributed by atoms with E-state index in [1.165, 1.54) is 12.7 Å². The maximum absolute atomic E-state index is 14.9. The van der Waals surface area contributed by atoms with Gasteiger partial charge in [-0.25, -0.2) is 4.79 Å². The fourth-order valence-electron chi connectivity index (χ4n) is 12.7. The van der Waals surface area contributed by atoms with E-state index in [9.17, 15) is 14.4 Å². The van der Waals surface area contributed by atoms with Gasteiger partial charge in [-0.05, 0) is 121 Å². The SMILES string of the molecule is COC(=O)CO[C@H]1CC[C@@]2(C)C(CC[C@]3(C)[C@@H]2C(=O)C=C2[C@@H]4C[C@@](C)(C(=O)OC(c5ccccc5)c5ccccc5)CC[C@]4(C)CC[C@]23C)C1(C)C. The van der Waals surface area contributed by atoms with Gasteiger partial charge in [0, 0.05) is 5.92 Å². The largest absolute Gasteiger partial charge is 0.467 e. The molecule has 0 aromatic heterocycles. The second kappa shape index (κ2) is 13.0. The number of hydrogen-bond donors (Lipinski definition) is 0. The fourth-order valence-corrected chi connectivity index (χ4v) is 12.7. The monoisotopic (exact) mass is 708 g/mol. The van der Waals surface area contributed by atoms with E-state index in [-0.39, 0.29) is 69.3 Å². The summed E-state index contributed by atoms with van der Waals surface area (Å²) in [6.07, 6.45) is 9.83. The van der Waals surface area contributed by atoms with E-state index in [1.54, 1.807) is 0 Å². The predicted molar refractivity (Wildman–Crippen MR) is 202 cm³/mol. The summed E-state index contributed by atoms with van der Waals surface area (Å²) in [6, 6.07) is 20.1. The number of rotatable bonds is 7. The molecule has 0 radical (unpaired) electrons. The third-order valence-corrected chi connectivity index (χ3v) is 16.1. The summed E-state index contributed by atoms with van der Waals surface area (Å²) in [5.41, 5.74) is 1.87. The van der Waals surface area contributed by atoms with Crippen LogP contribution in [0.15, 0.2) is 72.3 Å². The zero-order valence-corrected chi connectivity index (χ0v) is 32.8. The number of ether oxygens (including phenoxy) is 3. The number of benzene rings is 2. The molecule has 280 valence electrons. The Labute approximate surface area is 311 Å². The summed E-state index contributed by atoms with van der Waals surface area (Å²) in [5, 5.41) is 0. The average molecular weight is 709 g/mol. The number of ketones is 1. The molecule has 0 amide bonds. The van der Waals surface area contributed by atoms with E-state index < -0.39 is 11.5 Å². The van der Waals surface area contributed by atoms with E-state index in [1.807, 2.05) is 60.7 Å². The summed E-state index contributed by atoms with van der Waals surface area (Å²) in [4.78, 5) is 41.4. The molecule has 5 aliphatic carbocycles. The summed E-state index contributed by atoms with van der Waals surface area (Å²) in [7, 11) is 1.40. The molecule has 0 bridgehead atoms. The van der Waals surface area contributed by atoms with E-state index >= 15 is 0 Å². The van der Waals surface area contributed by atoms with Crippen molar-refractivity contribution in [2.45, 2.75) is 118 Å². The smallest absolute Gasteiger partial charge is 0.331 e. The maximum Gasteiger partial charge on any atom is 0.331 e. The highest BCUT2D eigenvalue weighted by Gasteiger charge is 2.70. The van der Waals surface area contributed by atoms with Crippen LogP contribution in [0.1, 0.15) is 123 Å². The molecule has 4 fully saturated rings. The van der Waals surface area contributed by atoms with Crippen molar-refractivity contribution in [2.75, 3.05) is 13.7 Å². The van der Waals surface area contributed by atoms with Crippen molar-refractivity contribution in [3.05, 3.63) is 83.4 Å². The fraction of sp³-hybridized carbons (Fsp3) is 0.630. The Morgan fingerprint density at radius 1 is 0.788 bits per heavy atom. The third-order valence-electron chi connectivity index (χ3n) is 16.1. The van der Waals surface area contributed by atoms with Crippen molar-refractivity contribution in [3.63, 3.8) is 0 Å². The second-order valence-electron chi connectivity index (χ2n) is 19.1. The standard InChI is InChI=1S/C46H60O6/c1-41(2)35-19-22-46(7)39(44(35,5)21-20-36(41)51-29-37(48)50-8)34(47)27-32-33-28-43(4,24-23-42(33,3)25-26-45(32,46)6)40(49)52-38(30-15-11-9-12-16-30)31-17-13-10-14-18-31/h9-18,27,33,35-36,38-39H,19-26,28-29H2,1-8H3/t33-,35?,36-,39+,42+,43-,44-,45+,46+/m0/s1. The number of carbonyl (C=O) groups is 3. The molecule has 0 aliphatic heterocycles. The van der Waals surface area contributed by atoms with Crippen molar-refractivity contribution in [1.29, 1.82) is 0 Å². The van der Waals surface area contributed by atoms with Crippen LogP contribution in [0.2, 0.25) is 0 Å². The highest BCUT2D eigenvalue weighted by Crippen LogP contribution is 2.75. The van der Waals surface area contributed by atoms with Gasteiger partial charge in [0.15, 0.2) is 11.9 Å². The normalized spacial score (nSPS) is 39.2. The van der Waals surface area contributed by atoms with Crippen LogP contribution >= 0.6 is 0 Å². The minimum atomic E-state index is -0.665. The molecule has 4 saturated carbocycles. The van der Waals surface area contributed by atoms with Crippen molar-refractivity contribution in [1.82, 2.24) is 0 Å². The maximum atomic E-state index is 14.9. The van der Waals surface area contributed by atoms with Crippen LogP contribution in [0, 0.1) is 50.2 Å². The lowest BCUT2D eigenvalue weighted by Crippen LogP contribution is -2.66. The van der Waals surface area contributed by atoms with Crippen molar-refractivity contribution in [2.24, 2.45) is 50.2 Å². The first-order valence-electron chi connectivity index (χ1n) is 19.8. The van der Waals surface area contributed by atoms with Crippen LogP contribution in [0.25, 0.3) is 0 Å².